The maximum Gasteiger partial charge on any atom is 0.156 e. The molecule has 0 aliphatic rings. The largest absolute Gasteiger partial charge is 0.303 e. The first-order chi connectivity index (χ1) is 7.53. The predicted octanol–water partition coefficient (Wildman–Crippen LogP) is 3.33. The Bertz CT molecular complexity index is 276. The van der Waals surface area contributed by atoms with Gasteiger partial charge in [-0.2, -0.15) is 0 Å². The van der Waals surface area contributed by atoms with Gasteiger partial charge in [0.25, 0.3) is 0 Å². The molecule has 0 radical (unpaired) electrons. The van der Waals surface area contributed by atoms with Gasteiger partial charge in [0, 0.05) is 12.3 Å². The average molecular weight is 222 g/mol. The molecule has 0 aromatic carbocycles. The topological polar surface area (TPSA) is 34.1 Å². The van der Waals surface area contributed by atoms with Crippen LogP contribution in [0.3, 0.4) is 0 Å². The number of hydrogen-bond donors (Lipinski definition) is 0. The van der Waals surface area contributed by atoms with Gasteiger partial charge in [0.1, 0.15) is 6.29 Å². The van der Waals surface area contributed by atoms with Crippen LogP contribution in [-0.2, 0) is 9.59 Å². The smallest absolute Gasteiger partial charge is 0.156 e. The van der Waals surface area contributed by atoms with E-state index in [1.807, 2.05) is 20.8 Å². The highest BCUT2D eigenvalue weighted by molar-refractivity contribution is 5.90. The lowest BCUT2D eigenvalue weighted by atomic mass is 9.93. The molecule has 0 bridgehead atoms. The summed E-state index contributed by atoms with van der Waals surface area (Å²) in [6.07, 6.45) is 6.44. The molecule has 0 N–H and O–H groups in total. The Labute approximate surface area is 98.4 Å². The van der Waals surface area contributed by atoms with Crippen LogP contribution in [0.1, 0.15) is 40.0 Å². The van der Waals surface area contributed by atoms with E-state index in [2.05, 4.69) is 6.58 Å². The van der Waals surface area contributed by atoms with Gasteiger partial charge in [0.2, 0.25) is 0 Å². The van der Waals surface area contributed by atoms with Gasteiger partial charge in [0.05, 0.1) is 0 Å². The van der Waals surface area contributed by atoms with Crippen LogP contribution < -0.4 is 0 Å². The number of rotatable bonds is 8. The molecule has 0 saturated heterocycles. The molecule has 0 amide bonds. The third kappa shape index (κ3) is 6.33. The Hall–Kier alpha value is -1.18. The van der Waals surface area contributed by atoms with Crippen molar-refractivity contribution in [3.63, 3.8) is 0 Å². The van der Waals surface area contributed by atoms with E-state index < -0.39 is 0 Å². The van der Waals surface area contributed by atoms with Gasteiger partial charge in [-0.1, -0.05) is 33.4 Å². The summed E-state index contributed by atoms with van der Waals surface area (Å²) in [5, 5.41) is 0. The fourth-order valence-electron chi connectivity index (χ4n) is 1.69. The molecule has 0 aromatic heterocycles. The molecule has 16 heavy (non-hydrogen) atoms. The van der Waals surface area contributed by atoms with Crippen LogP contribution in [-0.4, -0.2) is 12.1 Å². The lowest BCUT2D eigenvalue weighted by Gasteiger charge is -2.11. The maximum absolute atomic E-state index is 11.6. The van der Waals surface area contributed by atoms with Crippen molar-refractivity contribution in [3.05, 3.63) is 24.3 Å². The standard InChI is InChI=1S/C14H22O2/c1-5-13(6-2)9-14(16)8-11(3)7-12(4)10-15/h5,9-12H,1,6-8H2,2-4H3/b13-9-/t11-,12-/m1/s1. The molecule has 0 rings (SSSR count). The normalized spacial score (nSPS) is 15.3. The van der Waals surface area contributed by atoms with E-state index in [4.69, 9.17) is 0 Å². The molecule has 0 aromatic rings. The van der Waals surface area contributed by atoms with Crippen LogP contribution in [0.25, 0.3) is 0 Å². The van der Waals surface area contributed by atoms with Crippen LogP contribution in [0, 0.1) is 11.8 Å². The lowest BCUT2D eigenvalue weighted by Crippen LogP contribution is -2.08. The molecule has 0 unspecified atom stereocenters. The van der Waals surface area contributed by atoms with Gasteiger partial charge in [-0.25, -0.2) is 0 Å². The summed E-state index contributed by atoms with van der Waals surface area (Å²) in [4.78, 5) is 22.1. The number of allylic oxidation sites excluding steroid dienone is 3. The molecule has 0 aliphatic carbocycles. The van der Waals surface area contributed by atoms with Crippen LogP contribution in [0.2, 0.25) is 0 Å². The number of hydrogen-bond acceptors (Lipinski definition) is 2. The molecule has 2 atom stereocenters. The Balaban J connectivity index is 4.18. The first-order valence-corrected chi connectivity index (χ1v) is 5.84. The second-order valence-electron chi connectivity index (χ2n) is 4.40. The Morgan fingerprint density at radius 3 is 2.44 bits per heavy atom. The van der Waals surface area contributed by atoms with E-state index in [1.54, 1.807) is 12.2 Å². The monoisotopic (exact) mass is 222 g/mol. The fraction of sp³-hybridized carbons (Fsp3) is 0.571. The number of carbonyl (C=O) groups excluding carboxylic acids is 2. The molecular weight excluding hydrogens is 200 g/mol. The Kier molecular flexibility index (Phi) is 7.44. The quantitative estimate of drug-likeness (QED) is 0.358. The van der Waals surface area contributed by atoms with Crippen molar-refractivity contribution in [2.75, 3.05) is 0 Å². The molecule has 0 fully saturated rings. The number of aldehydes is 1. The highest BCUT2D eigenvalue weighted by Crippen LogP contribution is 2.15. The summed E-state index contributed by atoms with van der Waals surface area (Å²) < 4.78 is 0. The van der Waals surface area contributed by atoms with E-state index >= 15 is 0 Å². The lowest BCUT2D eigenvalue weighted by molar-refractivity contribution is -0.116. The van der Waals surface area contributed by atoms with Gasteiger partial charge in [-0.3, -0.25) is 4.79 Å². The molecule has 2 nitrogen and oxygen atoms in total. The summed E-state index contributed by atoms with van der Waals surface area (Å²) in [6.45, 7) is 9.54. The first-order valence-electron chi connectivity index (χ1n) is 5.84. The van der Waals surface area contributed by atoms with Crippen molar-refractivity contribution in [2.45, 2.75) is 40.0 Å². The predicted molar refractivity (Wildman–Crippen MR) is 67.2 cm³/mol. The van der Waals surface area contributed by atoms with Gasteiger partial charge in [-0.05, 0) is 30.4 Å². The number of ketones is 1. The summed E-state index contributed by atoms with van der Waals surface area (Å²) >= 11 is 0. The second-order valence-corrected chi connectivity index (χ2v) is 4.40. The minimum atomic E-state index is 0.0387. The van der Waals surface area contributed by atoms with E-state index in [0.717, 1.165) is 24.7 Å². The zero-order valence-corrected chi connectivity index (χ0v) is 10.5. The van der Waals surface area contributed by atoms with Crippen LogP contribution >= 0.6 is 0 Å². The Morgan fingerprint density at radius 1 is 1.38 bits per heavy atom. The van der Waals surface area contributed by atoms with Crippen LogP contribution in [0.15, 0.2) is 24.3 Å². The molecule has 90 valence electrons. The van der Waals surface area contributed by atoms with Crippen molar-refractivity contribution < 1.29 is 9.59 Å². The highest BCUT2D eigenvalue weighted by atomic mass is 16.1. The number of carbonyl (C=O) groups is 2. The van der Waals surface area contributed by atoms with Crippen molar-refractivity contribution >= 4 is 12.1 Å². The van der Waals surface area contributed by atoms with E-state index in [1.165, 1.54) is 0 Å². The minimum Gasteiger partial charge on any atom is -0.303 e. The van der Waals surface area contributed by atoms with E-state index in [0.29, 0.717) is 6.42 Å². The molecule has 0 saturated carbocycles. The molecular formula is C14H22O2. The van der Waals surface area contributed by atoms with Gasteiger partial charge < -0.3 is 4.79 Å². The second kappa shape index (κ2) is 8.03. The Morgan fingerprint density at radius 2 is 2.00 bits per heavy atom. The molecule has 0 heterocycles. The van der Waals surface area contributed by atoms with Crippen molar-refractivity contribution in [2.24, 2.45) is 11.8 Å². The molecule has 2 heteroatoms. The van der Waals surface area contributed by atoms with Crippen molar-refractivity contribution in [3.8, 4) is 0 Å². The van der Waals surface area contributed by atoms with Gasteiger partial charge >= 0.3 is 0 Å². The maximum atomic E-state index is 11.6. The average Bonchev–Trinajstić information content (AvgIpc) is 2.25. The van der Waals surface area contributed by atoms with Gasteiger partial charge in [-0.15, -0.1) is 0 Å². The summed E-state index contributed by atoms with van der Waals surface area (Å²) in [6, 6.07) is 0. The molecule has 0 aliphatic heterocycles. The zero-order chi connectivity index (χ0) is 12.6. The third-order valence-corrected chi connectivity index (χ3v) is 2.57. The third-order valence-electron chi connectivity index (χ3n) is 2.57. The summed E-state index contributed by atoms with van der Waals surface area (Å²) in [5.74, 6) is 0.422. The van der Waals surface area contributed by atoms with Crippen molar-refractivity contribution in [1.29, 1.82) is 0 Å². The van der Waals surface area contributed by atoms with Crippen LogP contribution in [0.5, 0.6) is 0 Å². The van der Waals surface area contributed by atoms with Crippen molar-refractivity contribution in [1.82, 2.24) is 0 Å². The highest BCUT2D eigenvalue weighted by Gasteiger charge is 2.11. The van der Waals surface area contributed by atoms with E-state index in [9.17, 15) is 9.59 Å². The van der Waals surface area contributed by atoms with Gasteiger partial charge in [0.15, 0.2) is 5.78 Å². The fourth-order valence-corrected chi connectivity index (χ4v) is 1.69. The molecule has 0 spiro atoms. The SMILES string of the molecule is C=C/C(=C/C(=O)C[C@H](C)C[C@@H](C)C=O)CC. The summed E-state index contributed by atoms with van der Waals surface area (Å²) in [5.41, 5.74) is 0.973. The van der Waals surface area contributed by atoms with E-state index in [-0.39, 0.29) is 17.6 Å². The summed E-state index contributed by atoms with van der Waals surface area (Å²) in [7, 11) is 0. The zero-order valence-electron chi connectivity index (χ0n) is 10.5. The minimum absolute atomic E-state index is 0.0387. The van der Waals surface area contributed by atoms with Crippen LogP contribution in [0.4, 0.5) is 0 Å². The first kappa shape index (κ1) is 14.8.